The van der Waals surface area contributed by atoms with Crippen LogP contribution in [0.5, 0.6) is 5.88 Å². The Bertz CT molecular complexity index is 1260. The molecule has 3 fully saturated rings. The van der Waals surface area contributed by atoms with E-state index in [1.54, 1.807) is 11.8 Å². The van der Waals surface area contributed by atoms with E-state index in [1.807, 2.05) is 0 Å². The number of nitrogens with zero attached hydrogens (tertiary/aromatic N) is 8. The number of aromatic nitrogens is 4. The maximum absolute atomic E-state index is 15.0. The molecule has 0 aromatic carbocycles. The first-order valence-corrected chi connectivity index (χ1v) is 14.0. The SMILES string of the molecule is CCOc1cnc(NC(=O)N(C)[C@H]2CN(c3nccc(NC(=O)O[C@H]4C[C@@H]5CN(C)CCN5C4)n3)CCC2(F)F)cn1. The van der Waals surface area contributed by atoms with E-state index in [9.17, 15) is 9.59 Å². The van der Waals surface area contributed by atoms with Crippen LogP contribution in [0.25, 0.3) is 0 Å². The second kappa shape index (κ2) is 12.5. The standard InChI is InChI=1S/C26H36F2N10O4/c1-4-41-22-13-30-21(12-31-22)33-24(39)36(3)19-16-38(8-6-26(19,27)28)23-29-7-5-20(32-23)34-25(40)42-18-11-17-14-35(2)9-10-37(17)15-18/h5,7,12-13,17-19H,4,6,8-11,14-16H2,1-3H3,(H,30,33,39)(H,29,32,34,40)/t17-,18+,19+/m1/s1. The average Bonchev–Trinajstić information content (AvgIpc) is 3.35. The molecule has 5 heterocycles. The first-order valence-electron chi connectivity index (χ1n) is 14.0. The smallest absolute Gasteiger partial charge is 0.413 e. The van der Waals surface area contributed by atoms with Crippen LogP contribution in [0.15, 0.2) is 24.7 Å². The average molecular weight is 591 g/mol. The third-order valence-electron chi connectivity index (χ3n) is 7.75. The molecule has 228 valence electrons. The summed E-state index contributed by atoms with van der Waals surface area (Å²) in [5.74, 6) is -2.43. The molecule has 0 aliphatic carbocycles. The number of hydrogen-bond donors (Lipinski definition) is 2. The van der Waals surface area contributed by atoms with Gasteiger partial charge in [0.15, 0.2) is 5.82 Å². The molecule has 2 aromatic heterocycles. The lowest BCUT2D eigenvalue weighted by atomic mass is 10.00. The number of carbonyl (C=O) groups is 2. The second-order valence-electron chi connectivity index (χ2n) is 10.7. The highest BCUT2D eigenvalue weighted by atomic mass is 19.3. The van der Waals surface area contributed by atoms with Gasteiger partial charge in [-0.3, -0.25) is 15.5 Å². The lowest BCUT2D eigenvalue weighted by molar-refractivity contribution is -0.0760. The largest absolute Gasteiger partial charge is 0.477 e. The first kappa shape index (κ1) is 29.6. The van der Waals surface area contributed by atoms with Crippen LogP contribution in [0, 0.1) is 0 Å². The van der Waals surface area contributed by atoms with Crippen LogP contribution in [-0.2, 0) is 4.74 Å². The Morgan fingerprint density at radius 3 is 2.69 bits per heavy atom. The van der Waals surface area contributed by atoms with Gasteiger partial charge < -0.3 is 24.2 Å². The van der Waals surface area contributed by atoms with Gasteiger partial charge in [0.1, 0.15) is 18.0 Å². The normalized spacial score (nSPS) is 24.0. The predicted octanol–water partition coefficient (Wildman–Crippen LogP) is 1.98. The van der Waals surface area contributed by atoms with Crippen molar-refractivity contribution in [2.75, 3.05) is 75.5 Å². The molecule has 3 aliphatic heterocycles. The minimum atomic E-state index is -3.16. The van der Waals surface area contributed by atoms with Crippen molar-refractivity contribution in [3.05, 3.63) is 24.7 Å². The number of hydrogen-bond acceptors (Lipinski definition) is 11. The van der Waals surface area contributed by atoms with Crippen LogP contribution in [0.3, 0.4) is 0 Å². The highest BCUT2D eigenvalue weighted by molar-refractivity contribution is 5.88. The number of urea groups is 1. The van der Waals surface area contributed by atoms with E-state index in [2.05, 4.69) is 47.4 Å². The van der Waals surface area contributed by atoms with E-state index >= 15 is 8.78 Å². The van der Waals surface area contributed by atoms with Crippen molar-refractivity contribution in [3.63, 3.8) is 0 Å². The van der Waals surface area contributed by atoms with E-state index in [0.29, 0.717) is 19.2 Å². The van der Waals surface area contributed by atoms with Gasteiger partial charge in [-0.05, 0) is 20.0 Å². The molecule has 2 aromatic rings. The quantitative estimate of drug-likeness (QED) is 0.489. The number of anilines is 3. The molecule has 42 heavy (non-hydrogen) atoms. The van der Waals surface area contributed by atoms with Gasteiger partial charge in [0, 0.05) is 71.4 Å². The molecule has 16 heteroatoms. The Labute approximate surface area is 242 Å². The topological polar surface area (TPSA) is 141 Å². The molecule has 3 saturated heterocycles. The number of amides is 3. The van der Waals surface area contributed by atoms with Crippen molar-refractivity contribution in [1.82, 2.24) is 34.6 Å². The monoisotopic (exact) mass is 590 g/mol. The van der Waals surface area contributed by atoms with E-state index in [0.717, 1.165) is 31.0 Å². The third kappa shape index (κ3) is 6.92. The number of piperazine rings is 1. The summed E-state index contributed by atoms with van der Waals surface area (Å²) in [4.78, 5) is 49.2. The van der Waals surface area contributed by atoms with Crippen LogP contribution in [0.1, 0.15) is 19.8 Å². The molecule has 3 aliphatic rings. The Balaban J connectivity index is 1.18. The van der Waals surface area contributed by atoms with Gasteiger partial charge in [0.05, 0.1) is 19.0 Å². The van der Waals surface area contributed by atoms with Crippen LogP contribution < -0.4 is 20.3 Å². The van der Waals surface area contributed by atoms with Crippen LogP contribution in [0.4, 0.5) is 36.0 Å². The fourth-order valence-corrected chi connectivity index (χ4v) is 5.51. The highest BCUT2D eigenvalue weighted by Gasteiger charge is 2.48. The number of rotatable bonds is 7. The molecule has 2 N–H and O–H groups in total. The summed E-state index contributed by atoms with van der Waals surface area (Å²) < 4.78 is 40.9. The minimum Gasteiger partial charge on any atom is -0.477 e. The van der Waals surface area contributed by atoms with Gasteiger partial charge in [-0.1, -0.05) is 0 Å². The number of nitrogens with one attached hydrogen (secondary N) is 2. The molecule has 0 bridgehead atoms. The third-order valence-corrected chi connectivity index (χ3v) is 7.75. The highest BCUT2D eigenvalue weighted by Crippen LogP contribution is 2.33. The Morgan fingerprint density at radius 2 is 1.93 bits per heavy atom. The van der Waals surface area contributed by atoms with Gasteiger partial charge in [0.2, 0.25) is 11.8 Å². The van der Waals surface area contributed by atoms with Crippen molar-refractivity contribution in [2.24, 2.45) is 0 Å². The Kier molecular flexibility index (Phi) is 8.82. The van der Waals surface area contributed by atoms with Crippen molar-refractivity contribution in [2.45, 2.75) is 43.9 Å². The van der Waals surface area contributed by atoms with Gasteiger partial charge in [0.25, 0.3) is 5.92 Å². The molecular weight excluding hydrogens is 554 g/mol. The number of ether oxygens (including phenoxy) is 2. The minimum absolute atomic E-state index is 0.0367. The number of halogens is 2. The molecule has 0 spiro atoms. The van der Waals surface area contributed by atoms with Gasteiger partial charge in [-0.15, -0.1) is 0 Å². The molecular formula is C26H36F2N10O4. The lowest BCUT2D eigenvalue weighted by Gasteiger charge is -2.42. The molecule has 3 atom stereocenters. The van der Waals surface area contributed by atoms with E-state index in [-0.39, 0.29) is 42.7 Å². The number of likely N-dealkylation sites (N-methyl/N-ethyl adjacent to an activating group) is 2. The zero-order valence-corrected chi connectivity index (χ0v) is 23.9. The van der Waals surface area contributed by atoms with Crippen molar-refractivity contribution in [3.8, 4) is 5.88 Å². The molecule has 3 amide bonds. The summed E-state index contributed by atoms with van der Waals surface area (Å²) in [6.45, 7) is 5.50. The number of piperidine rings is 1. The molecule has 5 rings (SSSR count). The van der Waals surface area contributed by atoms with E-state index in [1.165, 1.54) is 31.7 Å². The summed E-state index contributed by atoms with van der Waals surface area (Å²) in [7, 11) is 3.38. The second-order valence-corrected chi connectivity index (χ2v) is 10.7. The lowest BCUT2D eigenvalue weighted by Crippen LogP contribution is -2.60. The number of fused-ring (bicyclic) bond motifs is 1. The number of carbonyl (C=O) groups excluding carboxylic acids is 2. The van der Waals surface area contributed by atoms with Gasteiger partial charge >= 0.3 is 12.1 Å². The molecule has 14 nitrogen and oxygen atoms in total. The van der Waals surface area contributed by atoms with E-state index < -0.39 is 30.5 Å². The van der Waals surface area contributed by atoms with Crippen LogP contribution in [-0.4, -0.2) is 131 Å². The molecule has 0 radical (unpaired) electrons. The summed E-state index contributed by atoms with van der Waals surface area (Å²) in [6, 6.07) is -0.377. The van der Waals surface area contributed by atoms with Crippen molar-refractivity contribution >= 4 is 29.7 Å². The fraction of sp³-hybridized carbons (Fsp3) is 0.615. The molecule has 0 saturated carbocycles. The van der Waals surface area contributed by atoms with Crippen molar-refractivity contribution < 1.29 is 27.8 Å². The maximum Gasteiger partial charge on any atom is 0.413 e. The Hall–Kier alpha value is -3.92. The summed E-state index contributed by atoms with van der Waals surface area (Å²) >= 11 is 0. The maximum atomic E-state index is 15.0. The predicted molar refractivity (Wildman–Crippen MR) is 149 cm³/mol. The van der Waals surface area contributed by atoms with E-state index in [4.69, 9.17) is 9.47 Å². The van der Waals surface area contributed by atoms with Crippen LogP contribution in [0.2, 0.25) is 0 Å². The summed E-state index contributed by atoms with van der Waals surface area (Å²) in [6.07, 6.45) is 3.46. The number of alkyl halides is 2. The molecule has 0 unspecified atom stereocenters. The Morgan fingerprint density at radius 1 is 1.10 bits per heavy atom. The zero-order chi connectivity index (χ0) is 29.9. The first-order chi connectivity index (χ1) is 20.1. The fourth-order valence-electron chi connectivity index (χ4n) is 5.51. The van der Waals surface area contributed by atoms with Crippen LogP contribution >= 0.6 is 0 Å². The van der Waals surface area contributed by atoms with Crippen molar-refractivity contribution in [1.29, 1.82) is 0 Å². The summed E-state index contributed by atoms with van der Waals surface area (Å²) in [5, 5.41) is 5.12. The zero-order valence-electron chi connectivity index (χ0n) is 23.9. The van der Waals surface area contributed by atoms with Gasteiger partial charge in [-0.25, -0.2) is 33.3 Å². The van der Waals surface area contributed by atoms with Gasteiger partial charge in [-0.2, -0.15) is 4.98 Å². The summed E-state index contributed by atoms with van der Waals surface area (Å²) in [5.41, 5.74) is 0.